The van der Waals surface area contributed by atoms with Crippen molar-refractivity contribution < 1.29 is 4.74 Å². The van der Waals surface area contributed by atoms with Crippen molar-refractivity contribution in [3.8, 4) is 0 Å². The highest BCUT2D eigenvalue weighted by molar-refractivity contribution is 4.94. The van der Waals surface area contributed by atoms with Crippen molar-refractivity contribution in [2.45, 2.75) is 58.2 Å². The van der Waals surface area contributed by atoms with Gasteiger partial charge in [0.05, 0.1) is 6.10 Å². The zero-order valence-corrected chi connectivity index (χ0v) is 12.4. The van der Waals surface area contributed by atoms with E-state index in [-0.39, 0.29) is 0 Å². The molecule has 2 N–H and O–H groups in total. The quantitative estimate of drug-likeness (QED) is 0.820. The largest absolute Gasteiger partial charge is 0.380 e. The molecule has 0 spiro atoms. The summed E-state index contributed by atoms with van der Waals surface area (Å²) in [6, 6.07) is 0.904. The van der Waals surface area contributed by atoms with Crippen LogP contribution in [0.15, 0.2) is 0 Å². The van der Waals surface area contributed by atoms with E-state index >= 15 is 0 Å². The fraction of sp³-hybridized carbons (Fsp3) is 1.00. The van der Waals surface area contributed by atoms with Gasteiger partial charge in [-0.15, -0.1) is 0 Å². The molecule has 1 saturated carbocycles. The molecule has 2 aliphatic rings. The molecule has 0 amide bonds. The summed E-state index contributed by atoms with van der Waals surface area (Å²) in [7, 11) is 1.84. The molecule has 0 bridgehead atoms. The van der Waals surface area contributed by atoms with E-state index in [9.17, 15) is 0 Å². The first-order valence-corrected chi connectivity index (χ1v) is 7.55. The molecule has 0 aromatic carbocycles. The first kappa shape index (κ1) is 14.3. The van der Waals surface area contributed by atoms with E-state index in [1.165, 1.54) is 25.8 Å². The predicted molar refractivity (Wildman–Crippen MR) is 75.5 cm³/mol. The molecular weight excluding hydrogens is 224 g/mol. The number of piperidine rings is 1. The van der Waals surface area contributed by atoms with Gasteiger partial charge in [-0.3, -0.25) is 4.90 Å². The second-order valence-electron chi connectivity index (χ2n) is 6.74. The number of nitrogens with two attached hydrogens (primary N) is 1. The Hall–Kier alpha value is -0.120. The molecule has 2 rings (SSSR count). The highest BCUT2D eigenvalue weighted by atomic mass is 16.5. The molecule has 0 aromatic rings. The third-order valence-electron chi connectivity index (χ3n) is 5.12. The normalized spacial score (nSPS) is 47.2. The fourth-order valence-corrected chi connectivity index (χ4v) is 4.16. The van der Waals surface area contributed by atoms with Gasteiger partial charge in [-0.05, 0) is 43.6 Å². The molecule has 1 aliphatic heterocycles. The molecule has 6 unspecified atom stereocenters. The van der Waals surface area contributed by atoms with Crippen LogP contribution in [0.1, 0.15) is 40.0 Å². The third kappa shape index (κ3) is 2.89. The number of hydrogen-bond acceptors (Lipinski definition) is 3. The van der Waals surface area contributed by atoms with Crippen LogP contribution in [0.3, 0.4) is 0 Å². The van der Waals surface area contributed by atoms with E-state index in [0.29, 0.717) is 24.1 Å². The SMILES string of the molecule is COC1CN(C2C(C)CC(C)CC2N)CCC1C. The van der Waals surface area contributed by atoms with Crippen molar-refractivity contribution in [2.75, 3.05) is 20.2 Å². The molecule has 0 aromatic heterocycles. The molecule has 18 heavy (non-hydrogen) atoms. The highest BCUT2D eigenvalue weighted by Crippen LogP contribution is 2.33. The van der Waals surface area contributed by atoms with Crippen molar-refractivity contribution in [3.63, 3.8) is 0 Å². The molecule has 1 saturated heterocycles. The molecule has 3 heteroatoms. The van der Waals surface area contributed by atoms with Gasteiger partial charge >= 0.3 is 0 Å². The van der Waals surface area contributed by atoms with Crippen molar-refractivity contribution in [3.05, 3.63) is 0 Å². The predicted octanol–water partition coefficient (Wildman–Crippen LogP) is 2.11. The molecule has 2 fully saturated rings. The topological polar surface area (TPSA) is 38.5 Å². The minimum absolute atomic E-state index is 0.342. The van der Waals surface area contributed by atoms with Crippen LogP contribution in [-0.4, -0.2) is 43.3 Å². The van der Waals surface area contributed by atoms with Gasteiger partial charge in [-0.2, -0.15) is 0 Å². The van der Waals surface area contributed by atoms with E-state index in [0.717, 1.165) is 18.4 Å². The lowest BCUT2D eigenvalue weighted by atomic mass is 9.75. The van der Waals surface area contributed by atoms with Crippen LogP contribution in [0, 0.1) is 17.8 Å². The summed E-state index contributed by atoms with van der Waals surface area (Å²) in [5.41, 5.74) is 6.43. The smallest absolute Gasteiger partial charge is 0.0724 e. The second-order valence-corrected chi connectivity index (χ2v) is 6.74. The van der Waals surface area contributed by atoms with Gasteiger partial charge in [0, 0.05) is 25.7 Å². The van der Waals surface area contributed by atoms with E-state index in [4.69, 9.17) is 10.5 Å². The van der Waals surface area contributed by atoms with E-state index in [1.807, 2.05) is 7.11 Å². The van der Waals surface area contributed by atoms with E-state index in [1.54, 1.807) is 0 Å². The van der Waals surface area contributed by atoms with Crippen molar-refractivity contribution in [2.24, 2.45) is 23.5 Å². The van der Waals surface area contributed by atoms with Gasteiger partial charge in [0.25, 0.3) is 0 Å². The Kier molecular flexibility index (Phi) is 4.68. The highest BCUT2D eigenvalue weighted by Gasteiger charge is 2.38. The van der Waals surface area contributed by atoms with Crippen molar-refractivity contribution in [1.29, 1.82) is 0 Å². The maximum absolute atomic E-state index is 6.43. The third-order valence-corrected chi connectivity index (χ3v) is 5.12. The summed E-state index contributed by atoms with van der Waals surface area (Å²) in [5.74, 6) is 2.18. The molecule has 6 atom stereocenters. The van der Waals surface area contributed by atoms with Crippen LogP contribution >= 0.6 is 0 Å². The lowest BCUT2D eigenvalue weighted by Crippen LogP contribution is -2.59. The Balaban J connectivity index is 2.02. The van der Waals surface area contributed by atoms with Gasteiger partial charge < -0.3 is 10.5 Å². The molecule has 3 nitrogen and oxygen atoms in total. The number of likely N-dealkylation sites (tertiary alicyclic amines) is 1. The number of nitrogens with zero attached hydrogens (tertiary/aromatic N) is 1. The minimum Gasteiger partial charge on any atom is -0.380 e. The van der Waals surface area contributed by atoms with Gasteiger partial charge in [0.2, 0.25) is 0 Å². The van der Waals surface area contributed by atoms with Crippen LogP contribution < -0.4 is 5.73 Å². The van der Waals surface area contributed by atoms with Gasteiger partial charge in [0.15, 0.2) is 0 Å². The van der Waals surface area contributed by atoms with Crippen LogP contribution in [0.4, 0.5) is 0 Å². The summed E-state index contributed by atoms with van der Waals surface area (Å²) in [4.78, 5) is 2.61. The first-order chi connectivity index (χ1) is 8.52. The van der Waals surface area contributed by atoms with E-state index < -0.39 is 0 Å². The Morgan fingerprint density at radius 2 is 1.83 bits per heavy atom. The van der Waals surface area contributed by atoms with Crippen molar-refractivity contribution in [1.82, 2.24) is 4.90 Å². The number of rotatable bonds is 2. The Morgan fingerprint density at radius 3 is 2.44 bits per heavy atom. The maximum Gasteiger partial charge on any atom is 0.0724 e. The lowest BCUT2D eigenvalue weighted by Gasteiger charge is -2.48. The number of ether oxygens (including phenoxy) is 1. The van der Waals surface area contributed by atoms with Crippen LogP contribution in [0.25, 0.3) is 0 Å². The monoisotopic (exact) mass is 254 g/mol. The summed E-state index contributed by atoms with van der Waals surface area (Å²) in [6.45, 7) is 9.27. The van der Waals surface area contributed by atoms with Crippen LogP contribution in [-0.2, 0) is 4.74 Å². The fourth-order valence-electron chi connectivity index (χ4n) is 4.16. The summed E-state index contributed by atoms with van der Waals surface area (Å²) in [5, 5.41) is 0. The van der Waals surface area contributed by atoms with Crippen LogP contribution in [0.5, 0.6) is 0 Å². The average molecular weight is 254 g/mol. The zero-order valence-electron chi connectivity index (χ0n) is 12.4. The average Bonchev–Trinajstić information content (AvgIpc) is 2.30. The zero-order chi connectivity index (χ0) is 13.3. The summed E-state index contributed by atoms with van der Waals surface area (Å²) >= 11 is 0. The Morgan fingerprint density at radius 1 is 1.11 bits per heavy atom. The Labute approximate surface area is 112 Å². The van der Waals surface area contributed by atoms with Crippen LogP contribution in [0.2, 0.25) is 0 Å². The van der Waals surface area contributed by atoms with Gasteiger partial charge in [-0.25, -0.2) is 0 Å². The van der Waals surface area contributed by atoms with Gasteiger partial charge in [0.1, 0.15) is 0 Å². The summed E-state index contributed by atoms with van der Waals surface area (Å²) < 4.78 is 5.63. The van der Waals surface area contributed by atoms with E-state index in [2.05, 4.69) is 25.7 Å². The minimum atomic E-state index is 0.342. The van der Waals surface area contributed by atoms with Gasteiger partial charge in [-0.1, -0.05) is 20.8 Å². The lowest BCUT2D eigenvalue weighted by molar-refractivity contribution is -0.0403. The molecular formula is C15H30N2O. The standard InChI is InChI=1S/C15H30N2O/c1-10-7-12(3)15(13(16)8-10)17-6-5-11(2)14(9-17)18-4/h10-15H,5-9,16H2,1-4H3. The Bertz CT molecular complexity index is 259. The molecule has 106 valence electrons. The molecule has 1 aliphatic carbocycles. The summed E-state index contributed by atoms with van der Waals surface area (Å²) in [6.07, 6.45) is 4.13. The van der Waals surface area contributed by atoms with Crippen molar-refractivity contribution >= 4 is 0 Å². The molecule has 0 radical (unpaired) electrons. The molecule has 1 heterocycles. The number of hydrogen-bond donors (Lipinski definition) is 1. The number of methoxy groups -OCH3 is 1. The second kappa shape index (κ2) is 5.89. The maximum atomic E-state index is 6.43. The first-order valence-electron chi connectivity index (χ1n) is 7.55.